The summed E-state index contributed by atoms with van der Waals surface area (Å²) in [5, 5.41) is 4.09. The van der Waals surface area contributed by atoms with Crippen LogP contribution in [0.1, 0.15) is 32.4 Å². The topological polar surface area (TPSA) is 20.3 Å². The maximum absolute atomic E-state index is 13.7. The number of hydrogen-bond acceptors (Lipinski definition) is 2. The highest BCUT2D eigenvalue weighted by molar-refractivity contribution is 7.10. The molecule has 0 radical (unpaired) electrons. The first-order valence-electron chi connectivity index (χ1n) is 9.33. The van der Waals surface area contributed by atoms with Gasteiger partial charge in [0.05, 0.1) is 6.04 Å². The second-order valence-corrected chi connectivity index (χ2v) is 8.03. The maximum Gasteiger partial charge on any atom is 0.255 e. The van der Waals surface area contributed by atoms with Crippen LogP contribution in [-0.4, -0.2) is 17.4 Å². The van der Waals surface area contributed by atoms with Crippen molar-refractivity contribution in [2.24, 2.45) is 0 Å². The highest BCUT2D eigenvalue weighted by Gasteiger charge is 2.33. The minimum Gasteiger partial charge on any atom is -0.327 e. The number of thiophene rings is 1. The molecular formula is C24H18FNOS. The van der Waals surface area contributed by atoms with Crippen LogP contribution in [0.2, 0.25) is 0 Å². The molecule has 0 saturated heterocycles. The zero-order valence-electron chi connectivity index (χ0n) is 15.1. The minimum absolute atomic E-state index is 0.0166. The van der Waals surface area contributed by atoms with Gasteiger partial charge in [0, 0.05) is 17.0 Å². The Morgan fingerprint density at radius 3 is 2.61 bits per heavy atom. The van der Waals surface area contributed by atoms with Crippen LogP contribution in [0.25, 0.3) is 10.8 Å². The van der Waals surface area contributed by atoms with E-state index in [1.165, 1.54) is 17.0 Å². The third-order valence-corrected chi connectivity index (χ3v) is 6.43. The molecule has 28 heavy (non-hydrogen) atoms. The predicted molar refractivity (Wildman–Crippen MR) is 111 cm³/mol. The van der Waals surface area contributed by atoms with Gasteiger partial charge >= 0.3 is 0 Å². The summed E-state index contributed by atoms with van der Waals surface area (Å²) in [7, 11) is 0. The number of amides is 1. The van der Waals surface area contributed by atoms with Crippen LogP contribution in [0, 0.1) is 5.82 Å². The van der Waals surface area contributed by atoms with Crippen molar-refractivity contribution in [3.05, 3.63) is 106 Å². The zero-order valence-corrected chi connectivity index (χ0v) is 16.0. The van der Waals surface area contributed by atoms with Gasteiger partial charge in [0.25, 0.3) is 5.91 Å². The molecule has 4 aromatic rings. The van der Waals surface area contributed by atoms with E-state index in [9.17, 15) is 9.18 Å². The molecule has 1 aromatic heterocycles. The van der Waals surface area contributed by atoms with Crippen molar-refractivity contribution in [1.82, 2.24) is 4.90 Å². The molecule has 0 spiro atoms. The van der Waals surface area contributed by atoms with Crippen molar-refractivity contribution < 1.29 is 9.18 Å². The van der Waals surface area contributed by atoms with Crippen molar-refractivity contribution in [3.63, 3.8) is 0 Å². The fourth-order valence-corrected chi connectivity index (χ4v) is 5.01. The molecule has 138 valence electrons. The molecule has 2 heterocycles. The third kappa shape index (κ3) is 2.81. The number of halogens is 1. The molecule has 0 N–H and O–H groups in total. The molecule has 2 nitrogen and oxygen atoms in total. The van der Waals surface area contributed by atoms with Gasteiger partial charge < -0.3 is 4.90 Å². The molecule has 0 fully saturated rings. The fraction of sp³-hybridized carbons (Fsp3) is 0.125. The summed E-state index contributed by atoms with van der Waals surface area (Å²) in [6, 6.07) is 22.2. The molecule has 0 saturated carbocycles. The lowest BCUT2D eigenvalue weighted by atomic mass is 9.92. The normalized spacial score (nSPS) is 16.2. The fourth-order valence-electron chi connectivity index (χ4n) is 4.11. The van der Waals surface area contributed by atoms with Crippen LogP contribution >= 0.6 is 11.3 Å². The Labute approximate surface area is 166 Å². The van der Waals surface area contributed by atoms with Crippen molar-refractivity contribution in [2.45, 2.75) is 12.5 Å². The number of hydrogen-bond donors (Lipinski definition) is 0. The Bertz CT molecular complexity index is 1160. The molecule has 4 heteroatoms. The average Bonchev–Trinajstić information content (AvgIpc) is 3.22. The standard InChI is InChI=1S/C24H18FNOS/c25-18-10-8-17(9-11-18)23-21-13-15-28-22(21)12-14-26(23)24(27)20-7-3-5-16-4-1-2-6-19(16)20/h1-11,13,15,23H,12,14H2/t23-/m0/s1. The molecule has 0 unspecified atom stereocenters. The zero-order chi connectivity index (χ0) is 19.1. The molecular weight excluding hydrogens is 369 g/mol. The summed E-state index contributed by atoms with van der Waals surface area (Å²) in [6.45, 7) is 0.650. The van der Waals surface area contributed by atoms with E-state index in [2.05, 4.69) is 11.4 Å². The predicted octanol–water partition coefficient (Wildman–Crippen LogP) is 5.83. The van der Waals surface area contributed by atoms with Gasteiger partial charge in [0.2, 0.25) is 0 Å². The average molecular weight is 387 g/mol. The molecule has 1 amide bonds. The lowest BCUT2D eigenvalue weighted by Gasteiger charge is -2.36. The van der Waals surface area contributed by atoms with Crippen molar-refractivity contribution in [1.29, 1.82) is 0 Å². The second-order valence-electron chi connectivity index (χ2n) is 7.03. The molecule has 1 aliphatic rings. The Hall–Kier alpha value is -2.98. The van der Waals surface area contributed by atoms with Crippen LogP contribution in [0.15, 0.2) is 78.2 Å². The largest absolute Gasteiger partial charge is 0.327 e. The quantitative estimate of drug-likeness (QED) is 0.424. The van der Waals surface area contributed by atoms with Crippen LogP contribution in [0.4, 0.5) is 4.39 Å². The molecule has 3 aromatic carbocycles. The number of rotatable bonds is 2. The van der Waals surface area contributed by atoms with E-state index in [0.717, 1.165) is 28.3 Å². The smallest absolute Gasteiger partial charge is 0.255 e. The van der Waals surface area contributed by atoms with Crippen LogP contribution < -0.4 is 0 Å². The van der Waals surface area contributed by atoms with E-state index in [1.54, 1.807) is 23.5 Å². The van der Waals surface area contributed by atoms with Gasteiger partial charge in [-0.05, 0) is 58.0 Å². The van der Waals surface area contributed by atoms with E-state index in [0.29, 0.717) is 12.1 Å². The van der Waals surface area contributed by atoms with Gasteiger partial charge in [0.15, 0.2) is 0 Å². The summed E-state index contributed by atoms with van der Waals surface area (Å²) in [6.07, 6.45) is 0.848. The summed E-state index contributed by atoms with van der Waals surface area (Å²) in [5.74, 6) is -0.250. The highest BCUT2D eigenvalue weighted by Crippen LogP contribution is 2.39. The Balaban J connectivity index is 1.63. The van der Waals surface area contributed by atoms with Crippen molar-refractivity contribution in [3.8, 4) is 0 Å². The molecule has 0 bridgehead atoms. The van der Waals surface area contributed by atoms with E-state index in [4.69, 9.17) is 0 Å². The number of nitrogens with zero attached hydrogens (tertiary/aromatic N) is 1. The van der Waals surface area contributed by atoms with Gasteiger partial charge in [0.1, 0.15) is 5.82 Å². The Kier molecular flexibility index (Phi) is 4.21. The van der Waals surface area contributed by atoms with E-state index < -0.39 is 0 Å². The monoisotopic (exact) mass is 387 g/mol. The van der Waals surface area contributed by atoms with Crippen molar-refractivity contribution in [2.75, 3.05) is 6.54 Å². The third-order valence-electron chi connectivity index (χ3n) is 5.43. The molecule has 0 aliphatic carbocycles. The van der Waals surface area contributed by atoms with E-state index in [-0.39, 0.29) is 17.8 Å². The number of benzene rings is 3. The number of fused-ring (bicyclic) bond motifs is 2. The van der Waals surface area contributed by atoms with Gasteiger partial charge in [-0.3, -0.25) is 4.79 Å². The summed E-state index contributed by atoms with van der Waals surface area (Å²) in [5.41, 5.74) is 2.80. The lowest BCUT2D eigenvalue weighted by Crippen LogP contribution is -2.40. The number of carbonyl (C=O) groups is 1. The van der Waals surface area contributed by atoms with E-state index in [1.807, 2.05) is 47.4 Å². The summed E-state index contributed by atoms with van der Waals surface area (Å²) < 4.78 is 13.5. The first-order chi connectivity index (χ1) is 13.7. The highest BCUT2D eigenvalue weighted by atomic mass is 32.1. The lowest BCUT2D eigenvalue weighted by molar-refractivity contribution is 0.0698. The van der Waals surface area contributed by atoms with Crippen LogP contribution in [0.3, 0.4) is 0 Å². The molecule has 1 atom stereocenters. The maximum atomic E-state index is 13.7. The SMILES string of the molecule is O=C(c1cccc2ccccc12)N1CCc2sccc2[C@@H]1c1ccc(F)cc1. The minimum atomic E-state index is -0.267. The molecule has 1 aliphatic heterocycles. The van der Waals surface area contributed by atoms with Crippen molar-refractivity contribution >= 4 is 28.0 Å². The Morgan fingerprint density at radius 1 is 0.964 bits per heavy atom. The Morgan fingerprint density at radius 2 is 1.75 bits per heavy atom. The second kappa shape index (κ2) is 6.88. The van der Waals surface area contributed by atoms with Gasteiger partial charge in [-0.25, -0.2) is 4.39 Å². The van der Waals surface area contributed by atoms with Gasteiger partial charge in [-0.1, -0.05) is 48.5 Å². The number of carbonyl (C=O) groups excluding carboxylic acids is 1. The first-order valence-corrected chi connectivity index (χ1v) is 10.2. The van der Waals surface area contributed by atoms with E-state index >= 15 is 0 Å². The van der Waals surface area contributed by atoms with Gasteiger partial charge in [-0.15, -0.1) is 11.3 Å². The summed E-state index contributed by atoms with van der Waals surface area (Å²) >= 11 is 1.73. The first kappa shape index (κ1) is 17.1. The van der Waals surface area contributed by atoms with Crippen LogP contribution in [0.5, 0.6) is 0 Å². The van der Waals surface area contributed by atoms with Gasteiger partial charge in [-0.2, -0.15) is 0 Å². The summed E-state index contributed by atoms with van der Waals surface area (Å²) in [4.78, 5) is 16.9. The molecule has 5 rings (SSSR count). The van der Waals surface area contributed by atoms with Crippen LogP contribution in [-0.2, 0) is 6.42 Å².